The van der Waals surface area contributed by atoms with Crippen LogP contribution in [-0.2, 0) is 11.3 Å². The maximum absolute atomic E-state index is 11.4. The van der Waals surface area contributed by atoms with Gasteiger partial charge in [0, 0.05) is 10.9 Å². The normalized spacial score (nSPS) is 23.2. The molecule has 0 saturated carbocycles. The van der Waals surface area contributed by atoms with E-state index >= 15 is 0 Å². The van der Waals surface area contributed by atoms with E-state index in [1.807, 2.05) is 21.7 Å². The predicted molar refractivity (Wildman–Crippen MR) is 73.3 cm³/mol. The number of carbonyl (C=O) groups is 1. The van der Waals surface area contributed by atoms with Crippen LogP contribution >= 0.6 is 11.3 Å². The number of thiophene rings is 1. The van der Waals surface area contributed by atoms with Crippen molar-refractivity contribution in [2.75, 3.05) is 6.54 Å². The van der Waals surface area contributed by atoms with Crippen molar-refractivity contribution in [1.82, 2.24) is 15.0 Å². The summed E-state index contributed by atoms with van der Waals surface area (Å²) in [5, 5.41) is 17.2. The highest BCUT2D eigenvalue weighted by molar-refractivity contribution is 7.08. The Labute approximate surface area is 120 Å². The summed E-state index contributed by atoms with van der Waals surface area (Å²) in [5.74, 6) is 0.214. The molecule has 106 valence electrons. The Balaban J connectivity index is 1.77. The van der Waals surface area contributed by atoms with Gasteiger partial charge >= 0.3 is 5.97 Å². The molecule has 1 fully saturated rings. The second-order valence-electron chi connectivity index (χ2n) is 5.13. The van der Waals surface area contributed by atoms with Crippen molar-refractivity contribution < 1.29 is 14.4 Å². The molecule has 3 heterocycles. The van der Waals surface area contributed by atoms with Crippen molar-refractivity contribution in [3.8, 4) is 11.4 Å². The Morgan fingerprint density at radius 3 is 3.20 bits per heavy atom. The standard InChI is InChI=1S/C13H15N3O3S/c1-13(12(17)18)4-2-5-16(13)7-10-14-11(15-19-10)9-3-6-20-8-9/h3,6,8H,2,4-5,7H2,1H3,(H,17,18). The third-order valence-corrected chi connectivity index (χ3v) is 4.51. The molecule has 0 amide bonds. The zero-order chi connectivity index (χ0) is 14.2. The Hall–Kier alpha value is -1.73. The molecule has 0 bridgehead atoms. The van der Waals surface area contributed by atoms with Gasteiger partial charge in [-0.1, -0.05) is 5.16 Å². The molecule has 1 aliphatic heterocycles. The van der Waals surface area contributed by atoms with Crippen LogP contribution in [0.1, 0.15) is 25.7 Å². The molecular formula is C13H15N3O3S. The van der Waals surface area contributed by atoms with Crippen LogP contribution in [0.25, 0.3) is 11.4 Å². The number of nitrogens with zero attached hydrogens (tertiary/aromatic N) is 3. The highest BCUT2D eigenvalue weighted by Gasteiger charge is 2.43. The third kappa shape index (κ3) is 2.23. The molecule has 2 aromatic heterocycles. The second-order valence-corrected chi connectivity index (χ2v) is 5.91. The summed E-state index contributed by atoms with van der Waals surface area (Å²) in [6.07, 6.45) is 1.52. The molecule has 0 aromatic carbocycles. The molecule has 20 heavy (non-hydrogen) atoms. The SMILES string of the molecule is CC1(C(=O)O)CCCN1Cc1nc(-c2ccsc2)no1. The molecule has 0 spiro atoms. The first-order valence-corrected chi connectivity index (χ1v) is 7.37. The van der Waals surface area contributed by atoms with Gasteiger partial charge in [0.05, 0.1) is 6.54 Å². The van der Waals surface area contributed by atoms with Crippen LogP contribution in [0.15, 0.2) is 21.3 Å². The molecule has 0 radical (unpaired) electrons. The minimum atomic E-state index is -0.836. The summed E-state index contributed by atoms with van der Waals surface area (Å²) in [4.78, 5) is 17.6. The van der Waals surface area contributed by atoms with Gasteiger partial charge in [-0.3, -0.25) is 9.69 Å². The average molecular weight is 293 g/mol. The van der Waals surface area contributed by atoms with Crippen LogP contribution in [0.5, 0.6) is 0 Å². The van der Waals surface area contributed by atoms with Crippen molar-refractivity contribution in [1.29, 1.82) is 0 Å². The second kappa shape index (κ2) is 4.99. The van der Waals surface area contributed by atoms with E-state index in [1.54, 1.807) is 18.3 Å². The van der Waals surface area contributed by atoms with Gasteiger partial charge in [0.15, 0.2) is 0 Å². The first-order valence-electron chi connectivity index (χ1n) is 6.43. The summed E-state index contributed by atoms with van der Waals surface area (Å²) in [6.45, 7) is 2.86. The average Bonchev–Trinajstić information content (AvgIpc) is 3.12. The Kier molecular flexibility index (Phi) is 3.31. The van der Waals surface area contributed by atoms with Crippen molar-refractivity contribution >= 4 is 17.3 Å². The van der Waals surface area contributed by atoms with Gasteiger partial charge in [0.25, 0.3) is 0 Å². The smallest absolute Gasteiger partial charge is 0.323 e. The summed E-state index contributed by atoms with van der Waals surface area (Å²) in [6, 6.07) is 1.93. The zero-order valence-electron chi connectivity index (χ0n) is 11.1. The van der Waals surface area contributed by atoms with Crippen molar-refractivity contribution in [3.05, 3.63) is 22.7 Å². The Morgan fingerprint density at radius 1 is 1.65 bits per heavy atom. The van der Waals surface area contributed by atoms with E-state index < -0.39 is 11.5 Å². The summed E-state index contributed by atoms with van der Waals surface area (Å²) >= 11 is 1.57. The fourth-order valence-corrected chi connectivity index (χ4v) is 3.14. The zero-order valence-corrected chi connectivity index (χ0v) is 11.9. The van der Waals surface area contributed by atoms with Crippen molar-refractivity contribution in [2.24, 2.45) is 0 Å². The summed E-state index contributed by atoms with van der Waals surface area (Å²) in [7, 11) is 0. The largest absolute Gasteiger partial charge is 0.480 e. The van der Waals surface area contributed by atoms with Crippen molar-refractivity contribution in [3.63, 3.8) is 0 Å². The number of aliphatic carboxylic acids is 1. The molecule has 1 N–H and O–H groups in total. The molecule has 0 aliphatic carbocycles. The molecule has 1 saturated heterocycles. The number of rotatable bonds is 4. The van der Waals surface area contributed by atoms with E-state index in [4.69, 9.17) is 4.52 Å². The molecule has 1 aliphatic rings. The number of carboxylic acids is 1. The van der Waals surface area contributed by atoms with Gasteiger partial charge < -0.3 is 9.63 Å². The van der Waals surface area contributed by atoms with Crippen LogP contribution in [0.3, 0.4) is 0 Å². The number of hydrogen-bond acceptors (Lipinski definition) is 6. The van der Waals surface area contributed by atoms with Crippen LogP contribution in [0.2, 0.25) is 0 Å². The first kappa shape index (κ1) is 13.3. The lowest BCUT2D eigenvalue weighted by molar-refractivity contribution is -0.149. The molecule has 1 atom stereocenters. The van der Waals surface area contributed by atoms with Crippen LogP contribution < -0.4 is 0 Å². The molecule has 2 aromatic rings. The number of likely N-dealkylation sites (tertiary alicyclic amines) is 1. The lowest BCUT2D eigenvalue weighted by Gasteiger charge is -2.29. The van der Waals surface area contributed by atoms with Gasteiger partial charge in [-0.15, -0.1) is 0 Å². The fraction of sp³-hybridized carbons (Fsp3) is 0.462. The number of hydrogen-bond donors (Lipinski definition) is 1. The quantitative estimate of drug-likeness (QED) is 0.931. The van der Waals surface area contributed by atoms with Crippen LogP contribution in [0.4, 0.5) is 0 Å². The van der Waals surface area contributed by atoms with E-state index in [1.165, 1.54) is 0 Å². The molecule has 3 rings (SSSR count). The Bertz CT molecular complexity index is 610. The van der Waals surface area contributed by atoms with Gasteiger partial charge in [-0.05, 0) is 37.8 Å². The maximum Gasteiger partial charge on any atom is 0.323 e. The maximum atomic E-state index is 11.4. The molecule has 6 nitrogen and oxygen atoms in total. The van der Waals surface area contributed by atoms with Gasteiger partial charge in [-0.25, -0.2) is 0 Å². The third-order valence-electron chi connectivity index (χ3n) is 3.82. The minimum absolute atomic E-state index is 0.375. The highest BCUT2D eigenvalue weighted by Crippen LogP contribution is 2.30. The van der Waals surface area contributed by atoms with Crippen LogP contribution in [0, 0.1) is 0 Å². The summed E-state index contributed by atoms with van der Waals surface area (Å²) < 4.78 is 5.23. The lowest BCUT2D eigenvalue weighted by atomic mass is 9.99. The van der Waals surface area contributed by atoms with Gasteiger partial charge in [0.1, 0.15) is 5.54 Å². The lowest BCUT2D eigenvalue weighted by Crippen LogP contribution is -2.47. The number of aromatic nitrogens is 2. The minimum Gasteiger partial charge on any atom is -0.480 e. The molecule has 1 unspecified atom stereocenters. The molecular weight excluding hydrogens is 278 g/mol. The first-order chi connectivity index (χ1) is 9.59. The van der Waals surface area contributed by atoms with E-state index in [0.29, 0.717) is 24.7 Å². The topological polar surface area (TPSA) is 79.5 Å². The Morgan fingerprint density at radius 2 is 2.50 bits per heavy atom. The van der Waals surface area contributed by atoms with E-state index in [9.17, 15) is 9.90 Å². The van der Waals surface area contributed by atoms with E-state index in [2.05, 4.69) is 10.1 Å². The van der Waals surface area contributed by atoms with E-state index in [0.717, 1.165) is 18.5 Å². The molecule has 7 heteroatoms. The van der Waals surface area contributed by atoms with Crippen LogP contribution in [-0.4, -0.2) is 38.2 Å². The van der Waals surface area contributed by atoms with Gasteiger partial charge in [-0.2, -0.15) is 16.3 Å². The van der Waals surface area contributed by atoms with Crippen molar-refractivity contribution in [2.45, 2.75) is 31.8 Å². The predicted octanol–water partition coefficient (Wildman–Crippen LogP) is 2.24. The monoisotopic (exact) mass is 293 g/mol. The fourth-order valence-electron chi connectivity index (χ4n) is 2.51. The van der Waals surface area contributed by atoms with Gasteiger partial charge in [0.2, 0.25) is 11.7 Å². The summed E-state index contributed by atoms with van der Waals surface area (Å²) in [5.41, 5.74) is 0.0872. The van der Waals surface area contributed by atoms with E-state index in [-0.39, 0.29) is 0 Å². The highest BCUT2D eigenvalue weighted by atomic mass is 32.1. The number of carboxylic acid groups (broad SMARTS) is 1.